The van der Waals surface area contributed by atoms with Crippen LogP contribution in [0, 0.1) is 18.7 Å². The highest BCUT2D eigenvalue weighted by atomic mass is 19.1. The third kappa shape index (κ3) is 6.87. The van der Waals surface area contributed by atoms with Gasteiger partial charge in [-0.2, -0.15) is 0 Å². The van der Waals surface area contributed by atoms with Crippen molar-refractivity contribution >= 4 is 28.9 Å². The van der Waals surface area contributed by atoms with Crippen molar-refractivity contribution in [2.24, 2.45) is 5.92 Å². The Morgan fingerprint density at radius 1 is 0.844 bits per heavy atom. The molecule has 3 aliphatic rings. The van der Waals surface area contributed by atoms with Crippen LogP contribution in [0.15, 0.2) is 60.7 Å². The van der Waals surface area contributed by atoms with Crippen molar-refractivity contribution in [2.45, 2.75) is 90.1 Å². The number of likely N-dealkylation sites (tertiary alicyclic amines) is 1. The summed E-state index contributed by atoms with van der Waals surface area (Å²) in [7, 11) is 0. The molecule has 1 saturated carbocycles. The van der Waals surface area contributed by atoms with E-state index in [2.05, 4.69) is 46.7 Å². The van der Waals surface area contributed by atoms with Crippen LogP contribution in [-0.4, -0.2) is 42.4 Å². The number of hydrogen-bond donors (Lipinski definition) is 2. The molecule has 0 spiro atoms. The third-order valence-electron chi connectivity index (χ3n) is 10.1. The van der Waals surface area contributed by atoms with E-state index in [4.69, 9.17) is 0 Å². The summed E-state index contributed by atoms with van der Waals surface area (Å²) in [5.41, 5.74) is 5.89. The molecule has 2 N–H and O–H groups in total. The fraction of sp³-hybridized carbons (Fsp3) is 0.474. The van der Waals surface area contributed by atoms with Gasteiger partial charge >= 0.3 is 0 Å². The number of nitrogens with zero attached hydrogens (tertiary/aromatic N) is 2. The summed E-state index contributed by atoms with van der Waals surface area (Å²) in [6.45, 7) is 6.47. The summed E-state index contributed by atoms with van der Waals surface area (Å²) in [5, 5.41) is 6.90. The standard InChI is InChI=1S/C38H47FN4O2/c1-3-27-16-21-31(25-34(27)42-22-7-8-23-42)41-37(44)32-14-10-24-43(38(45)35-26(2)11-9-15-33(35)39)36(32)28-17-19-30(20-18-28)40-29-12-5-4-6-13-29/h9,11,15-21,25,29,32,36,40H,3-8,10,12-14,22-24H2,1-2H3,(H,41,44)/t32-,36?/m0/s1. The maximum absolute atomic E-state index is 15.1. The Labute approximate surface area is 267 Å². The first-order chi connectivity index (χ1) is 21.9. The predicted octanol–water partition coefficient (Wildman–Crippen LogP) is 8.27. The Hall–Kier alpha value is -3.87. The van der Waals surface area contributed by atoms with E-state index < -0.39 is 17.8 Å². The number of piperidine rings is 1. The van der Waals surface area contributed by atoms with Crippen LogP contribution in [-0.2, 0) is 11.2 Å². The Balaban J connectivity index is 1.30. The van der Waals surface area contributed by atoms with Gasteiger partial charge in [-0.05, 0) is 98.9 Å². The van der Waals surface area contributed by atoms with Crippen molar-refractivity contribution in [3.05, 3.63) is 88.7 Å². The lowest BCUT2D eigenvalue weighted by Crippen LogP contribution is -2.46. The molecule has 45 heavy (non-hydrogen) atoms. The first-order valence-corrected chi connectivity index (χ1v) is 17.0. The van der Waals surface area contributed by atoms with Crippen LogP contribution in [0.25, 0.3) is 0 Å². The Morgan fingerprint density at radius 3 is 2.29 bits per heavy atom. The molecule has 3 fully saturated rings. The Bertz CT molecular complexity index is 1470. The lowest BCUT2D eigenvalue weighted by Gasteiger charge is -2.41. The minimum Gasteiger partial charge on any atom is -0.382 e. The Morgan fingerprint density at radius 2 is 1.58 bits per heavy atom. The summed E-state index contributed by atoms with van der Waals surface area (Å²) in [5.74, 6) is -1.47. The van der Waals surface area contributed by atoms with Crippen molar-refractivity contribution in [3.63, 3.8) is 0 Å². The molecule has 2 heterocycles. The average Bonchev–Trinajstić information content (AvgIpc) is 3.60. The Kier molecular flexibility index (Phi) is 9.72. The van der Waals surface area contributed by atoms with E-state index in [1.807, 2.05) is 18.2 Å². The van der Waals surface area contributed by atoms with Gasteiger partial charge in [0, 0.05) is 42.7 Å². The molecular formula is C38H47FN4O2. The van der Waals surface area contributed by atoms with Gasteiger partial charge in [0.05, 0.1) is 17.5 Å². The SMILES string of the molecule is CCc1ccc(NC(=O)[C@H]2CCCN(C(=O)c3c(C)cccc3F)C2c2ccc(NC3CCCCC3)cc2)cc1N1CCCC1. The van der Waals surface area contributed by atoms with Crippen molar-refractivity contribution in [2.75, 3.05) is 35.2 Å². The molecule has 2 aliphatic heterocycles. The molecule has 0 bridgehead atoms. The molecule has 2 amide bonds. The maximum atomic E-state index is 15.1. The summed E-state index contributed by atoms with van der Waals surface area (Å²) in [4.78, 5) is 32.4. The highest BCUT2D eigenvalue weighted by molar-refractivity contribution is 5.98. The lowest BCUT2D eigenvalue weighted by molar-refractivity contribution is -0.123. The molecule has 2 saturated heterocycles. The van der Waals surface area contributed by atoms with Crippen LogP contribution in [0.2, 0.25) is 0 Å². The van der Waals surface area contributed by atoms with Crippen LogP contribution in [0.3, 0.4) is 0 Å². The summed E-state index contributed by atoms with van der Waals surface area (Å²) < 4.78 is 15.1. The van der Waals surface area contributed by atoms with Gasteiger partial charge in [0.25, 0.3) is 5.91 Å². The average molecular weight is 611 g/mol. The highest BCUT2D eigenvalue weighted by Gasteiger charge is 2.40. The third-order valence-corrected chi connectivity index (χ3v) is 10.1. The topological polar surface area (TPSA) is 64.7 Å². The molecule has 2 atom stereocenters. The molecule has 0 aromatic heterocycles. The quantitative estimate of drug-likeness (QED) is 0.270. The highest BCUT2D eigenvalue weighted by Crippen LogP contribution is 2.39. The van der Waals surface area contributed by atoms with Crippen LogP contribution in [0.5, 0.6) is 0 Å². The fourth-order valence-corrected chi connectivity index (χ4v) is 7.64. The van der Waals surface area contributed by atoms with E-state index in [1.165, 1.54) is 62.3 Å². The minimum absolute atomic E-state index is 0.0875. The summed E-state index contributed by atoms with van der Waals surface area (Å²) in [6.07, 6.45) is 10.8. The molecule has 238 valence electrons. The van der Waals surface area contributed by atoms with E-state index >= 15 is 4.39 Å². The first-order valence-electron chi connectivity index (χ1n) is 17.0. The number of anilines is 3. The number of amides is 2. The second kappa shape index (κ2) is 14.1. The van der Waals surface area contributed by atoms with Crippen LogP contribution < -0.4 is 15.5 Å². The van der Waals surface area contributed by atoms with Crippen LogP contribution in [0.4, 0.5) is 21.5 Å². The van der Waals surface area contributed by atoms with E-state index in [0.29, 0.717) is 31.0 Å². The number of nitrogens with one attached hydrogen (secondary N) is 2. The second-order valence-corrected chi connectivity index (χ2v) is 13.1. The summed E-state index contributed by atoms with van der Waals surface area (Å²) in [6, 6.07) is 19.1. The first kappa shape index (κ1) is 31.1. The fourth-order valence-electron chi connectivity index (χ4n) is 7.64. The molecular weight excluding hydrogens is 563 g/mol. The number of benzene rings is 3. The van der Waals surface area contributed by atoms with Crippen molar-refractivity contribution in [3.8, 4) is 0 Å². The number of hydrogen-bond acceptors (Lipinski definition) is 4. The van der Waals surface area contributed by atoms with Gasteiger partial charge in [-0.1, -0.05) is 56.5 Å². The normalized spacial score (nSPS) is 20.7. The lowest BCUT2D eigenvalue weighted by atomic mass is 9.83. The van der Waals surface area contributed by atoms with Crippen molar-refractivity contribution in [1.82, 2.24) is 4.90 Å². The zero-order chi connectivity index (χ0) is 31.3. The summed E-state index contributed by atoms with van der Waals surface area (Å²) >= 11 is 0. The number of rotatable bonds is 8. The largest absolute Gasteiger partial charge is 0.382 e. The smallest absolute Gasteiger partial charge is 0.257 e. The van der Waals surface area contributed by atoms with Gasteiger partial charge < -0.3 is 20.4 Å². The number of carbonyl (C=O) groups is 2. The number of carbonyl (C=O) groups excluding carboxylic acids is 2. The monoisotopic (exact) mass is 610 g/mol. The van der Waals surface area contributed by atoms with Crippen molar-refractivity contribution in [1.29, 1.82) is 0 Å². The van der Waals surface area contributed by atoms with E-state index in [-0.39, 0.29) is 17.4 Å². The van der Waals surface area contributed by atoms with Gasteiger partial charge in [-0.25, -0.2) is 4.39 Å². The minimum atomic E-state index is -0.525. The molecule has 3 aromatic rings. The van der Waals surface area contributed by atoms with Gasteiger partial charge in [-0.15, -0.1) is 0 Å². The zero-order valence-corrected chi connectivity index (χ0v) is 26.8. The molecule has 6 nitrogen and oxygen atoms in total. The zero-order valence-electron chi connectivity index (χ0n) is 26.8. The van der Waals surface area contributed by atoms with E-state index in [0.717, 1.165) is 36.4 Å². The van der Waals surface area contributed by atoms with Crippen molar-refractivity contribution < 1.29 is 14.0 Å². The number of aryl methyl sites for hydroxylation is 2. The molecule has 7 heteroatoms. The number of halogens is 1. The molecule has 3 aromatic carbocycles. The van der Waals surface area contributed by atoms with Gasteiger partial charge in [0.15, 0.2) is 0 Å². The molecule has 1 aliphatic carbocycles. The molecule has 1 unspecified atom stereocenters. The maximum Gasteiger partial charge on any atom is 0.257 e. The second-order valence-electron chi connectivity index (χ2n) is 13.1. The van der Waals surface area contributed by atoms with Crippen LogP contribution >= 0.6 is 0 Å². The van der Waals surface area contributed by atoms with Gasteiger partial charge in [-0.3, -0.25) is 9.59 Å². The predicted molar refractivity (Wildman–Crippen MR) is 180 cm³/mol. The molecule has 6 rings (SSSR count). The van der Waals surface area contributed by atoms with E-state index in [9.17, 15) is 9.59 Å². The van der Waals surface area contributed by atoms with Gasteiger partial charge in [0.1, 0.15) is 5.82 Å². The van der Waals surface area contributed by atoms with Gasteiger partial charge in [0.2, 0.25) is 5.91 Å². The van der Waals surface area contributed by atoms with Crippen LogP contribution in [0.1, 0.15) is 97.8 Å². The van der Waals surface area contributed by atoms with E-state index in [1.54, 1.807) is 24.0 Å². The molecule has 0 radical (unpaired) electrons.